The highest BCUT2D eigenvalue weighted by Crippen LogP contribution is 2.36. The van der Waals surface area contributed by atoms with Crippen molar-refractivity contribution in [3.05, 3.63) is 90.5 Å². The van der Waals surface area contributed by atoms with Crippen molar-refractivity contribution < 1.29 is 19.0 Å². The van der Waals surface area contributed by atoms with Crippen molar-refractivity contribution in [3.63, 3.8) is 0 Å². The molecule has 0 aliphatic carbocycles. The van der Waals surface area contributed by atoms with Crippen molar-refractivity contribution in [1.82, 2.24) is 0 Å². The van der Waals surface area contributed by atoms with Crippen LogP contribution < -0.4 is 15.1 Å². The largest absolute Gasteiger partial charge is 0.497 e. The van der Waals surface area contributed by atoms with E-state index in [9.17, 15) is 5.11 Å². The molecule has 0 aliphatic heterocycles. The van der Waals surface area contributed by atoms with E-state index >= 15 is 0 Å². The third kappa shape index (κ3) is 5.48. The highest BCUT2D eigenvalue weighted by molar-refractivity contribution is 6.99. The summed E-state index contributed by atoms with van der Waals surface area (Å²) in [7, 11) is -1.01. The van der Waals surface area contributed by atoms with E-state index in [1.54, 1.807) is 7.11 Å². The van der Waals surface area contributed by atoms with Crippen LogP contribution in [0.3, 0.4) is 0 Å². The van der Waals surface area contributed by atoms with Gasteiger partial charge in [-0.2, -0.15) is 0 Å². The van der Waals surface area contributed by atoms with Crippen LogP contribution in [-0.4, -0.2) is 39.9 Å². The van der Waals surface area contributed by atoms with Gasteiger partial charge in [-0.25, -0.2) is 0 Å². The maximum atomic E-state index is 10.0. The van der Waals surface area contributed by atoms with Gasteiger partial charge < -0.3 is 19.0 Å². The van der Waals surface area contributed by atoms with Gasteiger partial charge in [0.2, 0.25) is 0 Å². The molecule has 3 aromatic carbocycles. The summed E-state index contributed by atoms with van der Waals surface area (Å²) in [5, 5.41) is 12.3. The molecule has 0 unspecified atom stereocenters. The number of methoxy groups -OCH3 is 1. The summed E-state index contributed by atoms with van der Waals surface area (Å²) in [5.41, 5.74) is 1.02. The standard InChI is InChI=1S/C27H34O4Si/c1-27(2,3)32(25-11-7-5-8-12-25,26-13-9-6-10-14-26)31-21-24(19-28)30-20-22-15-17-23(29-4)18-16-22/h5-18,24,28H,19-21H2,1-4H3/t24-/m0/s1. The Kier molecular flexibility index (Phi) is 8.26. The molecule has 0 bridgehead atoms. The van der Waals surface area contributed by atoms with Gasteiger partial charge >= 0.3 is 0 Å². The highest BCUT2D eigenvalue weighted by atomic mass is 28.4. The topological polar surface area (TPSA) is 47.9 Å². The molecule has 1 N–H and O–H groups in total. The Morgan fingerprint density at radius 2 is 1.34 bits per heavy atom. The smallest absolute Gasteiger partial charge is 0.261 e. The van der Waals surface area contributed by atoms with Crippen molar-refractivity contribution >= 4 is 18.7 Å². The Hall–Kier alpha value is -2.44. The predicted molar refractivity (Wildman–Crippen MR) is 132 cm³/mol. The molecule has 32 heavy (non-hydrogen) atoms. The molecule has 3 rings (SSSR count). The second kappa shape index (κ2) is 10.9. The van der Waals surface area contributed by atoms with Crippen LogP contribution in [0.15, 0.2) is 84.9 Å². The highest BCUT2D eigenvalue weighted by Gasteiger charge is 2.50. The van der Waals surface area contributed by atoms with E-state index in [1.165, 1.54) is 10.4 Å². The quantitative estimate of drug-likeness (QED) is 0.472. The molecule has 0 amide bonds. The van der Waals surface area contributed by atoms with Gasteiger partial charge in [0.15, 0.2) is 0 Å². The van der Waals surface area contributed by atoms with Crippen LogP contribution in [0.5, 0.6) is 5.75 Å². The zero-order chi connectivity index (χ0) is 23.0. The lowest BCUT2D eigenvalue weighted by molar-refractivity contribution is -0.0247. The van der Waals surface area contributed by atoms with Gasteiger partial charge in [-0.3, -0.25) is 0 Å². The number of benzene rings is 3. The summed E-state index contributed by atoms with van der Waals surface area (Å²) in [6.45, 7) is 7.34. The van der Waals surface area contributed by atoms with Crippen molar-refractivity contribution in [1.29, 1.82) is 0 Å². The third-order valence-corrected chi connectivity index (χ3v) is 10.8. The summed E-state index contributed by atoms with van der Waals surface area (Å²) in [4.78, 5) is 0. The molecular weight excluding hydrogens is 416 g/mol. The first-order valence-electron chi connectivity index (χ1n) is 11.0. The lowest BCUT2D eigenvalue weighted by Gasteiger charge is -2.43. The van der Waals surface area contributed by atoms with E-state index in [2.05, 4.69) is 69.3 Å². The molecule has 170 valence electrons. The Morgan fingerprint density at radius 1 is 0.812 bits per heavy atom. The number of rotatable bonds is 10. The minimum atomic E-state index is -2.66. The van der Waals surface area contributed by atoms with Crippen LogP contribution in [0.25, 0.3) is 0 Å². The second-order valence-corrected chi connectivity index (χ2v) is 13.2. The zero-order valence-electron chi connectivity index (χ0n) is 19.5. The molecule has 0 aromatic heterocycles. The van der Waals surface area contributed by atoms with E-state index < -0.39 is 14.4 Å². The molecule has 5 heteroatoms. The summed E-state index contributed by atoms with van der Waals surface area (Å²) in [6, 6.07) is 28.7. The van der Waals surface area contributed by atoms with E-state index in [0.29, 0.717) is 13.2 Å². The zero-order valence-corrected chi connectivity index (χ0v) is 20.5. The average Bonchev–Trinajstić information content (AvgIpc) is 2.82. The fraction of sp³-hybridized carbons (Fsp3) is 0.333. The molecular formula is C27H34O4Si. The fourth-order valence-corrected chi connectivity index (χ4v) is 8.66. The van der Waals surface area contributed by atoms with Crippen LogP contribution in [0.2, 0.25) is 5.04 Å². The normalized spacial score (nSPS) is 13.0. The fourth-order valence-electron chi connectivity index (χ4n) is 4.07. The summed E-state index contributed by atoms with van der Waals surface area (Å²) in [5.74, 6) is 0.808. The number of ether oxygens (including phenoxy) is 2. The van der Waals surface area contributed by atoms with Gasteiger partial charge in [-0.15, -0.1) is 0 Å². The summed E-state index contributed by atoms with van der Waals surface area (Å²) in [6.07, 6.45) is -0.418. The first-order chi connectivity index (χ1) is 15.4. The lowest BCUT2D eigenvalue weighted by Crippen LogP contribution is -2.67. The van der Waals surface area contributed by atoms with E-state index in [4.69, 9.17) is 13.9 Å². The molecule has 0 aliphatic rings. The monoisotopic (exact) mass is 450 g/mol. The van der Waals surface area contributed by atoms with Crippen molar-refractivity contribution in [2.75, 3.05) is 20.3 Å². The van der Waals surface area contributed by atoms with Gasteiger partial charge in [0.25, 0.3) is 8.32 Å². The molecule has 0 fully saturated rings. The molecule has 0 radical (unpaired) electrons. The predicted octanol–water partition coefficient (Wildman–Crippen LogP) is 4.15. The number of aliphatic hydroxyl groups is 1. The van der Waals surface area contributed by atoms with E-state index in [-0.39, 0.29) is 11.6 Å². The van der Waals surface area contributed by atoms with Crippen LogP contribution in [0.1, 0.15) is 26.3 Å². The molecule has 0 saturated heterocycles. The second-order valence-electron chi connectivity index (χ2n) is 8.94. The minimum absolute atomic E-state index is 0.103. The Labute approximate surface area is 192 Å². The average molecular weight is 451 g/mol. The molecule has 0 heterocycles. The maximum Gasteiger partial charge on any atom is 0.261 e. The first-order valence-corrected chi connectivity index (χ1v) is 12.9. The SMILES string of the molecule is COc1ccc(CO[C@@H](CO)CO[Si](c2ccccc2)(c2ccccc2)C(C)(C)C)cc1. The molecule has 3 aromatic rings. The van der Waals surface area contributed by atoms with E-state index in [0.717, 1.165) is 11.3 Å². The first kappa shape index (κ1) is 24.2. The Bertz CT molecular complexity index is 897. The van der Waals surface area contributed by atoms with Gasteiger partial charge in [-0.1, -0.05) is 93.6 Å². The molecule has 4 nitrogen and oxygen atoms in total. The van der Waals surface area contributed by atoms with Crippen molar-refractivity contribution in [3.8, 4) is 5.75 Å². The molecule has 0 saturated carbocycles. The Balaban J connectivity index is 1.84. The van der Waals surface area contributed by atoms with Crippen LogP contribution >= 0.6 is 0 Å². The third-order valence-electron chi connectivity index (χ3n) is 5.75. The molecule has 0 spiro atoms. The number of aliphatic hydroxyl groups excluding tert-OH is 1. The van der Waals surface area contributed by atoms with Gasteiger partial charge in [-0.05, 0) is 33.1 Å². The summed E-state index contributed by atoms with van der Waals surface area (Å²) < 4.78 is 18.1. The van der Waals surface area contributed by atoms with Gasteiger partial charge in [0.1, 0.15) is 11.9 Å². The lowest BCUT2D eigenvalue weighted by atomic mass is 10.2. The van der Waals surface area contributed by atoms with E-state index in [1.807, 2.05) is 36.4 Å². The number of hydrogen-bond acceptors (Lipinski definition) is 4. The molecule has 1 atom stereocenters. The van der Waals surface area contributed by atoms with Crippen molar-refractivity contribution in [2.45, 2.75) is 38.5 Å². The maximum absolute atomic E-state index is 10.0. The van der Waals surface area contributed by atoms with Crippen LogP contribution in [-0.2, 0) is 15.8 Å². The van der Waals surface area contributed by atoms with Crippen LogP contribution in [0, 0.1) is 0 Å². The summed E-state index contributed by atoms with van der Waals surface area (Å²) >= 11 is 0. The minimum Gasteiger partial charge on any atom is -0.497 e. The van der Waals surface area contributed by atoms with Crippen molar-refractivity contribution in [2.24, 2.45) is 0 Å². The Morgan fingerprint density at radius 3 is 1.78 bits per heavy atom. The van der Waals surface area contributed by atoms with Gasteiger partial charge in [0, 0.05) is 0 Å². The van der Waals surface area contributed by atoms with Crippen LogP contribution in [0.4, 0.5) is 0 Å². The van der Waals surface area contributed by atoms with Gasteiger partial charge in [0.05, 0.1) is 26.9 Å². The number of hydrogen-bond donors (Lipinski definition) is 1.